The molecule has 2 aromatic rings. The smallest absolute Gasteiger partial charge is 0.396 e. The molecule has 0 aromatic carbocycles. The van der Waals surface area contributed by atoms with E-state index in [0.29, 0.717) is 4.68 Å². The van der Waals surface area contributed by atoms with Gasteiger partial charge in [-0.15, -0.1) is 0 Å². The minimum Gasteiger partial charge on any atom is -0.396 e. The van der Waals surface area contributed by atoms with E-state index in [1.54, 1.807) is 0 Å². The second-order valence-electron chi connectivity index (χ2n) is 3.64. The summed E-state index contributed by atoms with van der Waals surface area (Å²) in [5.41, 5.74) is 3.25. The van der Waals surface area contributed by atoms with Crippen LogP contribution in [-0.2, 0) is 13.2 Å². The standard InChI is InChI=1S/C10H9F3N4O/c1-16-7(3-2-4-8(16)18)17-9(10(11,12)13)6(14)5-15-17/h2-5H,14H2,1H3. The van der Waals surface area contributed by atoms with E-state index in [9.17, 15) is 18.0 Å². The first-order chi connectivity index (χ1) is 8.32. The van der Waals surface area contributed by atoms with Gasteiger partial charge in [-0.25, -0.2) is 4.68 Å². The van der Waals surface area contributed by atoms with Gasteiger partial charge in [0.25, 0.3) is 5.56 Å². The SMILES string of the molecule is Cn1c(-n2ncc(N)c2C(F)(F)F)cccc1=O. The quantitative estimate of drug-likeness (QED) is 0.835. The van der Waals surface area contributed by atoms with E-state index < -0.39 is 23.1 Å². The molecule has 0 aliphatic heterocycles. The van der Waals surface area contributed by atoms with Gasteiger partial charge in [-0.05, 0) is 6.07 Å². The number of nitrogen functional groups attached to an aromatic ring is 1. The highest BCUT2D eigenvalue weighted by Crippen LogP contribution is 2.34. The van der Waals surface area contributed by atoms with Crippen LogP contribution in [0.4, 0.5) is 18.9 Å². The largest absolute Gasteiger partial charge is 0.435 e. The number of rotatable bonds is 1. The number of aromatic nitrogens is 3. The molecule has 0 spiro atoms. The number of hydrogen-bond acceptors (Lipinski definition) is 3. The van der Waals surface area contributed by atoms with Crippen molar-refractivity contribution in [3.05, 3.63) is 40.4 Å². The average molecular weight is 258 g/mol. The van der Waals surface area contributed by atoms with Gasteiger partial charge in [0, 0.05) is 13.1 Å². The number of pyridine rings is 1. The van der Waals surface area contributed by atoms with E-state index in [2.05, 4.69) is 5.10 Å². The van der Waals surface area contributed by atoms with Gasteiger partial charge in [-0.1, -0.05) is 6.07 Å². The van der Waals surface area contributed by atoms with Crippen molar-refractivity contribution in [1.82, 2.24) is 14.3 Å². The van der Waals surface area contributed by atoms with Gasteiger partial charge in [0.15, 0.2) is 5.69 Å². The molecule has 0 fully saturated rings. The van der Waals surface area contributed by atoms with Crippen molar-refractivity contribution < 1.29 is 13.2 Å². The number of nitrogens with zero attached hydrogens (tertiary/aromatic N) is 3. The average Bonchev–Trinajstić information content (AvgIpc) is 2.64. The number of halogens is 3. The third kappa shape index (κ3) is 1.85. The van der Waals surface area contributed by atoms with Crippen LogP contribution in [0.25, 0.3) is 5.82 Å². The van der Waals surface area contributed by atoms with Crippen LogP contribution in [0.2, 0.25) is 0 Å². The van der Waals surface area contributed by atoms with Crippen molar-refractivity contribution in [3.63, 3.8) is 0 Å². The molecule has 0 amide bonds. The Hall–Kier alpha value is -2.25. The fourth-order valence-electron chi connectivity index (χ4n) is 1.58. The summed E-state index contributed by atoms with van der Waals surface area (Å²) >= 11 is 0. The lowest BCUT2D eigenvalue weighted by atomic mass is 10.3. The first kappa shape index (κ1) is 12.2. The normalized spacial score (nSPS) is 11.8. The van der Waals surface area contributed by atoms with Crippen LogP contribution in [0.15, 0.2) is 29.2 Å². The highest BCUT2D eigenvalue weighted by atomic mass is 19.4. The molecule has 0 aliphatic carbocycles. The number of anilines is 1. The van der Waals surface area contributed by atoms with Crippen LogP contribution in [-0.4, -0.2) is 14.3 Å². The van der Waals surface area contributed by atoms with Crippen LogP contribution < -0.4 is 11.3 Å². The fraction of sp³-hybridized carbons (Fsp3) is 0.200. The summed E-state index contributed by atoms with van der Waals surface area (Å²) in [6.45, 7) is 0. The molecule has 0 radical (unpaired) electrons. The van der Waals surface area contributed by atoms with Crippen LogP contribution in [0.5, 0.6) is 0 Å². The van der Waals surface area contributed by atoms with Crippen molar-refractivity contribution in [3.8, 4) is 5.82 Å². The Kier molecular flexibility index (Phi) is 2.64. The van der Waals surface area contributed by atoms with Gasteiger partial charge in [0.2, 0.25) is 0 Å². The topological polar surface area (TPSA) is 65.8 Å². The molecule has 0 atom stereocenters. The van der Waals surface area contributed by atoms with E-state index in [-0.39, 0.29) is 5.82 Å². The summed E-state index contributed by atoms with van der Waals surface area (Å²) in [6.07, 6.45) is -3.74. The van der Waals surface area contributed by atoms with E-state index in [1.165, 1.54) is 25.2 Å². The zero-order valence-corrected chi connectivity index (χ0v) is 9.27. The molecular formula is C10H9F3N4O. The molecule has 2 heterocycles. The molecule has 0 bridgehead atoms. The first-order valence-corrected chi connectivity index (χ1v) is 4.89. The Morgan fingerprint density at radius 1 is 1.33 bits per heavy atom. The molecule has 0 unspecified atom stereocenters. The van der Waals surface area contributed by atoms with Gasteiger partial charge >= 0.3 is 6.18 Å². The van der Waals surface area contributed by atoms with Crippen molar-refractivity contribution in [2.45, 2.75) is 6.18 Å². The second-order valence-corrected chi connectivity index (χ2v) is 3.64. The highest BCUT2D eigenvalue weighted by Gasteiger charge is 2.38. The van der Waals surface area contributed by atoms with Crippen LogP contribution in [0.3, 0.4) is 0 Å². The predicted molar refractivity (Wildman–Crippen MR) is 58.2 cm³/mol. The van der Waals surface area contributed by atoms with E-state index in [4.69, 9.17) is 5.73 Å². The van der Waals surface area contributed by atoms with Gasteiger partial charge < -0.3 is 5.73 Å². The van der Waals surface area contributed by atoms with Crippen molar-refractivity contribution in [2.75, 3.05) is 5.73 Å². The maximum atomic E-state index is 12.8. The molecule has 18 heavy (non-hydrogen) atoms. The van der Waals surface area contributed by atoms with E-state index in [0.717, 1.165) is 10.8 Å². The fourth-order valence-corrected chi connectivity index (χ4v) is 1.58. The monoisotopic (exact) mass is 258 g/mol. The van der Waals surface area contributed by atoms with Crippen molar-refractivity contribution in [1.29, 1.82) is 0 Å². The molecule has 8 heteroatoms. The lowest BCUT2D eigenvalue weighted by molar-refractivity contribution is -0.142. The summed E-state index contributed by atoms with van der Waals surface area (Å²) in [7, 11) is 1.36. The van der Waals surface area contributed by atoms with Gasteiger partial charge in [-0.2, -0.15) is 18.3 Å². The Morgan fingerprint density at radius 3 is 2.61 bits per heavy atom. The number of hydrogen-bond donors (Lipinski definition) is 1. The molecule has 2 N–H and O–H groups in total. The molecule has 0 saturated carbocycles. The van der Waals surface area contributed by atoms with Crippen LogP contribution in [0, 0.1) is 0 Å². The minimum absolute atomic E-state index is 0.00785. The summed E-state index contributed by atoms with van der Waals surface area (Å²) in [5.74, 6) is -0.00785. The molecule has 0 aliphatic rings. The highest BCUT2D eigenvalue weighted by molar-refractivity contribution is 5.46. The predicted octanol–water partition coefficient (Wildman–Crippen LogP) is 1.17. The Balaban J connectivity index is 2.73. The Labute approximate surface area is 99.3 Å². The van der Waals surface area contributed by atoms with Gasteiger partial charge in [-0.3, -0.25) is 9.36 Å². The van der Waals surface area contributed by atoms with Crippen LogP contribution in [0.1, 0.15) is 5.69 Å². The molecule has 2 aromatic heterocycles. The Morgan fingerprint density at radius 2 is 2.00 bits per heavy atom. The summed E-state index contributed by atoms with van der Waals surface area (Å²) in [6, 6.07) is 3.95. The maximum Gasteiger partial charge on any atom is 0.435 e. The second kappa shape index (κ2) is 3.90. The lowest BCUT2D eigenvalue weighted by Gasteiger charge is -2.13. The third-order valence-corrected chi connectivity index (χ3v) is 2.44. The number of nitrogens with two attached hydrogens (primary N) is 1. The molecule has 5 nitrogen and oxygen atoms in total. The third-order valence-electron chi connectivity index (χ3n) is 2.44. The van der Waals surface area contributed by atoms with E-state index >= 15 is 0 Å². The lowest BCUT2D eigenvalue weighted by Crippen LogP contribution is -2.23. The van der Waals surface area contributed by atoms with Crippen molar-refractivity contribution in [2.24, 2.45) is 7.05 Å². The van der Waals surface area contributed by atoms with Crippen molar-refractivity contribution >= 4 is 5.69 Å². The summed E-state index contributed by atoms with van der Waals surface area (Å²) in [5, 5.41) is 3.57. The molecule has 2 rings (SSSR count). The number of alkyl halides is 3. The zero-order valence-electron chi connectivity index (χ0n) is 9.27. The summed E-state index contributed by atoms with van der Waals surface area (Å²) in [4.78, 5) is 11.4. The maximum absolute atomic E-state index is 12.8. The summed E-state index contributed by atoms with van der Waals surface area (Å²) < 4.78 is 40.2. The molecule has 96 valence electrons. The Bertz CT molecular complexity index is 641. The van der Waals surface area contributed by atoms with E-state index in [1.807, 2.05) is 0 Å². The van der Waals surface area contributed by atoms with Gasteiger partial charge in [0.05, 0.1) is 11.9 Å². The minimum atomic E-state index is -4.65. The van der Waals surface area contributed by atoms with Gasteiger partial charge in [0.1, 0.15) is 5.82 Å². The van der Waals surface area contributed by atoms with Crippen LogP contribution >= 0.6 is 0 Å². The molecular weight excluding hydrogens is 249 g/mol. The first-order valence-electron chi connectivity index (χ1n) is 4.89. The zero-order chi connectivity index (χ0) is 13.5. The molecule has 0 saturated heterocycles.